The topological polar surface area (TPSA) is 49.5 Å². The second-order valence-corrected chi connectivity index (χ2v) is 4.45. The van der Waals surface area contributed by atoms with Crippen LogP contribution in [0, 0.1) is 5.92 Å². The molecule has 0 aromatic rings. The molecule has 76 valence electrons. The van der Waals surface area contributed by atoms with Gasteiger partial charge in [-0.15, -0.1) is 0 Å². The van der Waals surface area contributed by atoms with Gasteiger partial charge >= 0.3 is 0 Å². The average molecular weight is 184 g/mol. The Morgan fingerprint density at radius 3 is 2.46 bits per heavy atom. The molecule has 13 heavy (non-hydrogen) atoms. The molecular formula is C10H20N2O. The fourth-order valence-corrected chi connectivity index (χ4v) is 2.24. The van der Waals surface area contributed by atoms with Crippen LogP contribution in [-0.2, 0) is 0 Å². The Balaban J connectivity index is 1.87. The molecule has 0 amide bonds. The largest absolute Gasteiger partial charge is 0.396 e. The number of hydrogen-bond acceptors (Lipinski definition) is 3. The van der Waals surface area contributed by atoms with E-state index in [4.69, 9.17) is 10.8 Å². The molecule has 2 aliphatic rings. The summed E-state index contributed by atoms with van der Waals surface area (Å²) in [6.07, 6.45) is 4.88. The molecular weight excluding hydrogens is 164 g/mol. The zero-order valence-electron chi connectivity index (χ0n) is 8.15. The van der Waals surface area contributed by atoms with Gasteiger partial charge in [0.15, 0.2) is 0 Å². The molecule has 0 aromatic carbocycles. The van der Waals surface area contributed by atoms with Crippen LogP contribution < -0.4 is 5.73 Å². The molecule has 3 nitrogen and oxygen atoms in total. The van der Waals surface area contributed by atoms with Crippen LogP contribution >= 0.6 is 0 Å². The summed E-state index contributed by atoms with van der Waals surface area (Å²) in [5, 5.41) is 9.13. The summed E-state index contributed by atoms with van der Waals surface area (Å²) >= 11 is 0. The first-order valence-corrected chi connectivity index (χ1v) is 5.41. The Kier molecular flexibility index (Phi) is 2.86. The maximum Gasteiger partial charge on any atom is 0.0474 e. The van der Waals surface area contributed by atoms with Crippen molar-refractivity contribution in [3.63, 3.8) is 0 Å². The molecule has 1 saturated heterocycles. The van der Waals surface area contributed by atoms with E-state index >= 15 is 0 Å². The summed E-state index contributed by atoms with van der Waals surface area (Å²) in [5.41, 5.74) is 5.99. The molecule has 1 heterocycles. The van der Waals surface area contributed by atoms with E-state index in [2.05, 4.69) is 4.90 Å². The maximum atomic E-state index is 9.13. The van der Waals surface area contributed by atoms with Crippen molar-refractivity contribution in [2.24, 2.45) is 11.7 Å². The summed E-state index contributed by atoms with van der Waals surface area (Å²) < 4.78 is 0. The van der Waals surface area contributed by atoms with Crippen molar-refractivity contribution >= 4 is 0 Å². The summed E-state index contributed by atoms with van der Waals surface area (Å²) in [5.74, 6) is 0.337. The minimum Gasteiger partial charge on any atom is -0.396 e. The molecule has 3 N–H and O–H groups in total. The van der Waals surface area contributed by atoms with E-state index in [-0.39, 0.29) is 12.6 Å². The van der Waals surface area contributed by atoms with Crippen LogP contribution in [-0.4, -0.2) is 41.8 Å². The Hall–Kier alpha value is -0.120. The molecule has 2 rings (SSSR count). The van der Waals surface area contributed by atoms with Gasteiger partial charge in [-0.25, -0.2) is 0 Å². The van der Waals surface area contributed by atoms with E-state index in [0.717, 1.165) is 32.0 Å². The van der Waals surface area contributed by atoms with Crippen LogP contribution in [0.25, 0.3) is 0 Å². The highest BCUT2D eigenvalue weighted by Crippen LogP contribution is 2.29. The van der Waals surface area contributed by atoms with Gasteiger partial charge in [0.05, 0.1) is 0 Å². The van der Waals surface area contributed by atoms with Gasteiger partial charge in [-0.2, -0.15) is 0 Å². The van der Waals surface area contributed by atoms with Crippen molar-refractivity contribution in [3.05, 3.63) is 0 Å². The standard InChI is InChI=1S/C10H20N2O/c11-10-4-6-12(9-1-2-9)5-3-8(10)7-13/h8-10,13H,1-7,11H2. The number of hydrogen-bond donors (Lipinski definition) is 2. The van der Waals surface area contributed by atoms with E-state index in [0.29, 0.717) is 5.92 Å². The molecule has 1 aliphatic heterocycles. The molecule has 0 spiro atoms. The summed E-state index contributed by atoms with van der Waals surface area (Å²) in [6.45, 7) is 2.55. The highest BCUT2D eigenvalue weighted by molar-refractivity contribution is 4.88. The fraction of sp³-hybridized carbons (Fsp3) is 1.00. The van der Waals surface area contributed by atoms with Gasteiger partial charge in [-0.05, 0) is 44.7 Å². The van der Waals surface area contributed by atoms with Gasteiger partial charge in [0.25, 0.3) is 0 Å². The van der Waals surface area contributed by atoms with Crippen LogP contribution in [0.2, 0.25) is 0 Å². The second kappa shape index (κ2) is 3.95. The van der Waals surface area contributed by atoms with Crippen molar-refractivity contribution in [1.29, 1.82) is 0 Å². The lowest BCUT2D eigenvalue weighted by atomic mass is 9.97. The SMILES string of the molecule is NC1CCN(C2CC2)CCC1CO. The van der Waals surface area contributed by atoms with Gasteiger partial charge in [0, 0.05) is 18.7 Å². The normalized spacial score (nSPS) is 37.4. The van der Waals surface area contributed by atoms with Crippen LogP contribution in [0.15, 0.2) is 0 Å². The summed E-state index contributed by atoms with van der Waals surface area (Å²) in [7, 11) is 0. The van der Waals surface area contributed by atoms with Crippen molar-refractivity contribution in [3.8, 4) is 0 Å². The lowest BCUT2D eigenvalue weighted by molar-refractivity contribution is 0.195. The predicted molar refractivity (Wildman–Crippen MR) is 52.4 cm³/mol. The Morgan fingerprint density at radius 2 is 1.85 bits per heavy atom. The number of nitrogens with zero attached hydrogens (tertiary/aromatic N) is 1. The quantitative estimate of drug-likeness (QED) is 0.643. The molecule has 0 bridgehead atoms. The van der Waals surface area contributed by atoms with Crippen molar-refractivity contribution < 1.29 is 5.11 Å². The zero-order valence-corrected chi connectivity index (χ0v) is 8.15. The number of aliphatic hydroxyl groups excluding tert-OH is 1. The third-order valence-corrected chi connectivity index (χ3v) is 3.44. The van der Waals surface area contributed by atoms with Gasteiger partial charge in [0.2, 0.25) is 0 Å². The fourth-order valence-electron chi connectivity index (χ4n) is 2.24. The van der Waals surface area contributed by atoms with Crippen molar-refractivity contribution in [2.45, 2.75) is 37.8 Å². The van der Waals surface area contributed by atoms with Gasteiger partial charge in [0.1, 0.15) is 0 Å². The Morgan fingerprint density at radius 1 is 1.15 bits per heavy atom. The molecule has 0 radical (unpaired) electrons. The Labute approximate surface area is 79.9 Å². The number of rotatable bonds is 2. The monoisotopic (exact) mass is 184 g/mol. The van der Waals surface area contributed by atoms with Crippen molar-refractivity contribution in [1.82, 2.24) is 4.90 Å². The van der Waals surface area contributed by atoms with E-state index in [1.54, 1.807) is 0 Å². The van der Waals surface area contributed by atoms with Crippen LogP contribution in [0.5, 0.6) is 0 Å². The van der Waals surface area contributed by atoms with E-state index in [9.17, 15) is 0 Å². The van der Waals surface area contributed by atoms with Crippen LogP contribution in [0.1, 0.15) is 25.7 Å². The molecule has 3 heteroatoms. The third kappa shape index (κ3) is 2.22. The van der Waals surface area contributed by atoms with Crippen LogP contribution in [0.4, 0.5) is 0 Å². The lowest BCUT2D eigenvalue weighted by Gasteiger charge is -2.18. The van der Waals surface area contributed by atoms with E-state index in [1.165, 1.54) is 12.8 Å². The molecule has 0 aromatic heterocycles. The van der Waals surface area contributed by atoms with E-state index < -0.39 is 0 Å². The molecule has 1 saturated carbocycles. The molecule has 2 atom stereocenters. The lowest BCUT2D eigenvalue weighted by Crippen LogP contribution is -2.32. The molecule has 2 fully saturated rings. The first-order chi connectivity index (χ1) is 6.31. The number of nitrogens with two attached hydrogens (primary N) is 1. The minimum absolute atomic E-state index is 0.216. The summed E-state index contributed by atoms with van der Waals surface area (Å²) in [4.78, 5) is 2.55. The van der Waals surface area contributed by atoms with Gasteiger partial charge in [-0.1, -0.05) is 0 Å². The number of likely N-dealkylation sites (tertiary alicyclic amines) is 1. The molecule has 2 unspecified atom stereocenters. The van der Waals surface area contributed by atoms with Crippen LogP contribution in [0.3, 0.4) is 0 Å². The second-order valence-electron chi connectivity index (χ2n) is 4.45. The number of aliphatic hydroxyl groups is 1. The zero-order chi connectivity index (χ0) is 9.26. The maximum absolute atomic E-state index is 9.13. The first kappa shape index (κ1) is 9.44. The highest BCUT2D eigenvalue weighted by Gasteiger charge is 2.32. The molecule has 1 aliphatic carbocycles. The summed E-state index contributed by atoms with van der Waals surface area (Å²) in [6, 6.07) is 1.07. The third-order valence-electron chi connectivity index (χ3n) is 3.44. The predicted octanol–water partition coefficient (Wildman–Crippen LogP) is 0.180. The Bertz CT molecular complexity index is 170. The van der Waals surface area contributed by atoms with E-state index in [1.807, 2.05) is 0 Å². The first-order valence-electron chi connectivity index (χ1n) is 5.41. The highest BCUT2D eigenvalue weighted by atomic mass is 16.3. The van der Waals surface area contributed by atoms with Gasteiger partial charge in [-0.3, -0.25) is 0 Å². The smallest absolute Gasteiger partial charge is 0.0474 e. The van der Waals surface area contributed by atoms with Crippen molar-refractivity contribution in [2.75, 3.05) is 19.7 Å². The minimum atomic E-state index is 0.216. The average Bonchev–Trinajstić information content (AvgIpc) is 2.91. The van der Waals surface area contributed by atoms with Gasteiger partial charge < -0.3 is 15.7 Å².